The Morgan fingerprint density at radius 3 is 2.33 bits per heavy atom. The summed E-state index contributed by atoms with van der Waals surface area (Å²) in [5.74, 6) is -0.558. The van der Waals surface area contributed by atoms with Gasteiger partial charge in [0, 0.05) is 12.7 Å². The molecule has 2 N–H and O–H groups in total. The topological polar surface area (TPSA) is 119 Å². The zero-order valence-corrected chi connectivity index (χ0v) is 14.2. The van der Waals surface area contributed by atoms with Crippen molar-refractivity contribution >= 4 is 11.7 Å². The molecule has 0 saturated carbocycles. The number of aliphatic hydroxyl groups excluding tert-OH is 2. The molecule has 0 aliphatic carbocycles. The summed E-state index contributed by atoms with van der Waals surface area (Å²) in [6.07, 6.45) is -0.230. The largest absolute Gasteiger partial charge is 0.497 e. The van der Waals surface area contributed by atoms with Crippen LogP contribution in [-0.4, -0.2) is 47.0 Å². The van der Waals surface area contributed by atoms with Crippen molar-refractivity contribution in [2.75, 3.05) is 20.3 Å². The van der Waals surface area contributed by atoms with E-state index in [1.54, 1.807) is 20.8 Å². The lowest BCUT2D eigenvalue weighted by Gasteiger charge is -2.32. The fraction of sp³-hybridized carbons (Fsp3) is 0.562. The first-order chi connectivity index (χ1) is 11.1. The normalized spacial score (nSPS) is 13.9. The molecule has 0 spiro atoms. The van der Waals surface area contributed by atoms with E-state index in [9.17, 15) is 25.1 Å². The van der Waals surface area contributed by atoms with Crippen LogP contribution in [0.2, 0.25) is 0 Å². The molecule has 1 rings (SSSR count). The minimum absolute atomic E-state index is 0.0577. The van der Waals surface area contributed by atoms with Crippen molar-refractivity contribution in [2.24, 2.45) is 0 Å². The van der Waals surface area contributed by atoms with Crippen molar-refractivity contribution in [2.45, 2.75) is 38.2 Å². The third-order valence-corrected chi connectivity index (χ3v) is 3.51. The SMILES string of the molecule is COc1ccc([N+](=O)[O-])c([C@@](CO)(CCO)C(=O)OC(C)(C)C)c1. The Kier molecular flexibility index (Phi) is 6.28. The first-order valence-electron chi connectivity index (χ1n) is 7.39. The van der Waals surface area contributed by atoms with E-state index in [0.717, 1.165) is 0 Å². The zero-order chi connectivity index (χ0) is 18.5. The maximum atomic E-state index is 12.7. The number of esters is 1. The number of rotatable bonds is 7. The molecule has 0 aromatic heterocycles. The molecule has 0 heterocycles. The molecule has 0 unspecified atom stereocenters. The third-order valence-electron chi connectivity index (χ3n) is 3.51. The summed E-state index contributed by atoms with van der Waals surface area (Å²) in [5.41, 5.74) is -3.04. The first-order valence-corrected chi connectivity index (χ1v) is 7.39. The monoisotopic (exact) mass is 341 g/mol. The Bertz CT molecular complexity index is 609. The molecule has 1 aromatic carbocycles. The maximum Gasteiger partial charge on any atom is 0.319 e. The van der Waals surface area contributed by atoms with Crippen LogP contribution in [0, 0.1) is 10.1 Å². The standard InChI is InChI=1S/C16H23NO7/c1-15(2,3)24-14(20)16(10-19,7-8-18)12-9-11(23-4)5-6-13(12)17(21)22/h5-6,9,18-19H,7-8,10H2,1-4H3/t16-/m0/s1. The Hall–Kier alpha value is -2.19. The van der Waals surface area contributed by atoms with Gasteiger partial charge in [0.15, 0.2) is 0 Å². The van der Waals surface area contributed by atoms with Crippen molar-refractivity contribution in [1.82, 2.24) is 0 Å². The average Bonchev–Trinajstić information content (AvgIpc) is 2.50. The third kappa shape index (κ3) is 4.21. The van der Waals surface area contributed by atoms with Crippen LogP contribution < -0.4 is 4.74 Å². The van der Waals surface area contributed by atoms with E-state index in [0.29, 0.717) is 0 Å². The molecule has 1 aromatic rings. The molecule has 0 aliphatic heterocycles. The van der Waals surface area contributed by atoms with Gasteiger partial charge in [0.25, 0.3) is 5.69 Å². The van der Waals surface area contributed by atoms with Gasteiger partial charge in [0.2, 0.25) is 0 Å². The van der Waals surface area contributed by atoms with E-state index in [1.165, 1.54) is 25.3 Å². The van der Waals surface area contributed by atoms with E-state index in [4.69, 9.17) is 9.47 Å². The number of hydrogen-bond donors (Lipinski definition) is 2. The van der Waals surface area contributed by atoms with Gasteiger partial charge in [-0.3, -0.25) is 14.9 Å². The van der Waals surface area contributed by atoms with Crippen LogP contribution in [0.4, 0.5) is 5.69 Å². The highest BCUT2D eigenvalue weighted by atomic mass is 16.6. The molecule has 8 nitrogen and oxygen atoms in total. The average molecular weight is 341 g/mol. The summed E-state index contributed by atoms with van der Waals surface area (Å²) in [5, 5.41) is 30.7. The van der Waals surface area contributed by atoms with Crippen molar-refractivity contribution in [3.63, 3.8) is 0 Å². The highest BCUT2D eigenvalue weighted by Crippen LogP contribution is 2.38. The second-order valence-corrected chi connectivity index (χ2v) is 6.36. The number of nitrogens with zero attached hydrogens (tertiary/aromatic N) is 1. The second kappa shape index (κ2) is 7.59. The van der Waals surface area contributed by atoms with E-state index >= 15 is 0 Å². The summed E-state index contributed by atoms with van der Waals surface area (Å²) < 4.78 is 10.4. The molecule has 0 amide bonds. The van der Waals surface area contributed by atoms with Gasteiger partial charge in [-0.05, 0) is 39.3 Å². The van der Waals surface area contributed by atoms with Crippen LogP contribution >= 0.6 is 0 Å². The Morgan fingerprint density at radius 1 is 1.29 bits per heavy atom. The molecule has 0 bridgehead atoms. The summed E-state index contributed by atoms with van der Waals surface area (Å²) in [4.78, 5) is 23.4. The molecule has 8 heteroatoms. The second-order valence-electron chi connectivity index (χ2n) is 6.36. The number of ether oxygens (including phenoxy) is 2. The Balaban J connectivity index is 3.60. The van der Waals surface area contributed by atoms with E-state index in [2.05, 4.69) is 0 Å². The van der Waals surface area contributed by atoms with Crippen molar-refractivity contribution in [3.8, 4) is 5.75 Å². The lowest BCUT2D eigenvalue weighted by Crippen LogP contribution is -2.45. The number of carbonyl (C=O) groups excluding carboxylic acids is 1. The first kappa shape index (κ1) is 19.9. The lowest BCUT2D eigenvalue weighted by molar-refractivity contribution is -0.386. The maximum absolute atomic E-state index is 12.7. The predicted octanol–water partition coefficient (Wildman–Crippen LogP) is 1.56. The van der Waals surface area contributed by atoms with Gasteiger partial charge in [-0.1, -0.05) is 0 Å². The number of carbonyl (C=O) groups is 1. The summed E-state index contributed by atoms with van der Waals surface area (Å²) in [6, 6.07) is 3.89. The molecular weight excluding hydrogens is 318 g/mol. The number of nitro groups is 1. The van der Waals surface area contributed by atoms with Crippen LogP contribution in [-0.2, 0) is 14.9 Å². The zero-order valence-electron chi connectivity index (χ0n) is 14.2. The minimum Gasteiger partial charge on any atom is -0.497 e. The summed E-state index contributed by atoms with van der Waals surface area (Å²) >= 11 is 0. The summed E-state index contributed by atoms with van der Waals surface area (Å²) in [6.45, 7) is 3.72. The number of aliphatic hydroxyl groups is 2. The Morgan fingerprint density at radius 2 is 1.92 bits per heavy atom. The van der Waals surface area contributed by atoms with E-state index in [-0.39, 0.29) is 23.4 Å². The number of benzene rings is 1. The smallest absolute Gasteiger partial charge is 0.319 e. The van der Waals surface area contributed by atoms with Crippen LogP contribution in [0.5, 0.6) is 5.75 Å². The van der Waals surface area contributed by atoms with E-state index in [1.807, 2.05) is 0 Å². The van der Waals surface area contributed by atoms with Crippen LogP contribution in [0.25, 0.3) is 0 Å². The molecule has 0 radical (unpaired) electrons. The number of methoxy groups -OCH3 is 1. The molecule has 0 fully saturated rings. The lowest BCUT2D eigenvalue weighted by atomic mass is 9.77. The molecule has 24 heavy (non-hydrogen) atoms. The number of nitro benzene ring substituents is 1. The number of hydrogen-bond acceptors (Lipinski definition) is 7. The van der Waals surface area contributed by atoms with E-state index < -0.39 is 35.1 Å². The fourth-order valence-electron chi connectivity index (χ4n) is 2.33. The molecule has 134 valence electrons. The van der Waals surface area contributed by atoms with Crippen molar-refractivity contribution in [1.29, 1.82) is 0 Å². The van der Waals surface area contributed by atoms with Gasteiger partial charge in [-0.2, -0.15) is 0 Å². The minimum atomic E-state index is -1.76. The molecule has 0 aliphatic rings. The van der Waals surface area contributed by atoms with Gasteiger partial charge in [0.05, 0.1) is 24.2 Å². The van der Waals surface area contributed by atoms with Crippen LogP contribution in [0.1, 0.15) is 32.8 Å². The van der Waals surface area contributed by atoms with Gasteiger partial charge in [0.1, 0.15) is 16.8 Å². The predicted molar refractivity (Wildman–Crippen MR) is 86.0 cm³/mol. The highest BCUT2D eigenvalue weighted by molar-refractivity contribution is 5.85. The van der Waals surface area contributed by atoms with Gasteiger partial charge in [-0.25, -0.2) is 0 Å². The van der Waals surface area contributed by atoms with Crippen molar-refractivity contribution in [3.05, 3.63) is 33.9 Å². The van der Waals surface area contributed by atoms with Gasteiger partial charge >= 0.3 is 5.97 Å². The molecular formula is C16H23NO7. The molecule has 0 saturated heterocycles. The fourth-order valence-corrected chi connectivity index (χ4v) is 2.33. The quantitative estimate of drug-likeness (QED) is 0.439. The van der Waals surface area contributed by atoms with Gasteiger partial charge < -0.3 is 19.7 Å². The van der Waals surface area contributed by atoms with Crippen molar-refractivity contribution < 1.29 is 29.4 Å². The van der Waals surface area contributed by atoms with Crippen LogP contribution in [0.15, 0.2) is 18.2 Å². The molecule has 1 atom stereocenters. The van der Waals surface area contributed by atoms with Gasteiger partial charge in [-0.15, -0.1) is 0 Å². The Labute approximate surface area is 140 Å². The highest BCUT2D eigenvalue weighted by Gasteiger charge is 2.46. The summed E-state index contributed by atoms with van der Waals surface area (Å²) in [7, 11) is 1.38. The van der Waals surface area contributed by atoms with Crippen LogP contribution in [0.3, 0.4) is 0 Å².